The van der Waals surface area contributed by atoms with Gasteiger partial charge in [0.25, 0.3) is 0 Å². The summed E-state index contributed by atoms with van der Waals surface area (Å²) in [5.74, 6) is 0.892. The van der Waals surface area contributed by atoms with Crippen molar-refractivity contribution in [1.29, 1.82) is 0 Å². The maximum Gasteiger partial charge on any atom is 0.151 e. The fourth-order valence-corrected chi connectivity index (χ4v) is 4.50. The Morgan fingerprint density at radius 1 is 1.08 bits per heavy atom. The number of nitrogens with one attached hydrogen (secondary N) is 1. The van der Waals surface area contributed by atoms with Crippen molar-refractivity contribution < 1.29 is 8.42 Å². The SMILES string of the molecule is Cl.O=S1(=O)CC2(CCNCC2)C1. The highest BCUT2D eigenvalue weighted by molar-refractivity contribution is 7.92. The molecule has 0 saturated carbocycles. The van der Waals surface area contributed by atoms with Crippen molar-refractivity contribution in [1.82, 2.24) is 5.32 Å². The van der Waals surface area contributed by atoms with E-state index in [2.05, 4.69) is 5.32 Å². The van der Waals surface area contributed by atoms with E-state index >= 15 is 0 Å². The average Bonchev–Trinajstić information content (AvgIpc) is 1.85. The van der Waals surface area contributed by atoms with Gasteiger partial charge in [0.2, 0.25) is 0 Å². The number of rotatable bonds is 0. The molecule has 1 spiro atoms. The van der Waals surface area contributed by atoms with Gasteiger partial charge in [-0.05, 0) is 25.9 Å². The van der Waals surface area contributed by atoms with E-state index in [4.69, 9.17) is 0 Å². The molecule has 0 radical (unpaired) electrons. The number of halogens is 1. The Balaban J connectivity index is 0.000000720. The van der Waals surface area contributed by atoms with Crippen molar-refractivity contribution in [3.8, 4) is 0 Å². The van der Waals surface area contributed by atoms with E-state index in [1.54, 1.807) is 0 Å². The number of hydrogen-bond acceptors (Lipinski definition) is 3. The largest absolute Gasteiger partial charge is 0.317 e. The molecule has 2 heterocycles. The summed E-state index contributed by atoms with van der Waals surface area (Å²) in [4.78, 5) is 0. The third-order valence-electron chi connectivity index (χ3n) is 2.72. The van der Waals surface area contributed by atoms with Gasteiger partial charge in [0.05, 0.1) is 11.5 Å². The van der Waals surface area contributed by atoms with Gasteiger partial charge in [-0.25, -0.2) is 8.42 Å². The van der Waals surface area contributed by atoms with Gasteiger partial charge in [-0.2, -0.15) is 0 Å². The molecule has 2 aliphatic heterocycles. The minimum Gasteiger partial charge on any atom is -0.317 e. The molecule has 0 aromatic heterocycles. The Morgan fingerprint density at radius 2 is 1.58 bits per heavy atom. The third kappa shape index (κ3) is 1.75. The van der Waals surface area contributed by atoms with Gasteiger partial charge in [0.1, 0.15) is 0 Å². The maximum atomic E-state index is 10.9. The summed E-state index contributed by atoms with van der Waals surface area (Å²) in [6.07, 6.45) is 2.10. The van der Waals surface area contributed by atoms with Crippen LogP contribution in [0.15, 0.2) is 0 Å². The average molecular weight is 212 g/mol. The van der Waals surface area contributed by atoms with Crippen LogP contribution in [0.2, 0.25) is 0 Å². The smallest absolute Gasteiger partial charge is 0.151 e. The first kappa shape index (κ1) is 10.3. The van der Waals surface area contributed by atoms with Crippen LogP contribution in [0, 0.1) is 5.41 Å². The zero-order valence-corrected chi connectivity index (χ0v) is 8.51. The minimum absolute atomic E-state index is 0. The van der Waals surface area contributed by atoms with E-state index in [-0.39, 0.29) is 17.8 Å². The lowest BCUT2D eigenvalue weighted by atomic mass is 9.82. The second-order valence-corrected chi connectivity index (χ2v) is 5.85. The first-order valence-corrected chi connectivity index (χ1v) is 5.85. The van der Waals surface area contributed by atoms with E-state index in [0.717, 1.165) is 25.9 Å². The Bertz CT molecular complexity index is 243. The molecule has 3 nitrogen and oxygen atoms in total. The quantitative estimate of drug-likeness (QED) is 0.623. The lowest BCUT2D eigenvalue weighted by Crippen LogP contribution is -2.53. The van der Waals surface area contributed by atoms with Gasteiger partial charge in [-0.15, -0.1) is 12.4 Å². The zero-order valence-electron chi connectivity index (χ0n) is 6.88. The molecule has 2 fully saturated rings. The molecule has 2 aliphatic rings. The molecule has 1 N–H and O–H groups in total. The molecular weight excluding hydrogens is 198 g/mol. The number of sulfone groups is 1. The van der Waals surface area contributed by atoms with Crippen molar-refractivity contribution in [2.24, 2.45) is 5.41 Å². The van der Waals surface area contributed by atoms with E-state index in [0.29, 0.717) is 11.5 Å². The highest BCUT2D eigenvalue weighted by Crippen LogP contribution is 2.40. The van der Waals surface area contributed by atoms with Crippen LogP contribution in [-0.2, 0) is 9.84 Å². The van der Waals surface area contributed by atoms with E-state index in [9.17, 15) is 8.42 Å². The van der Waals surface area contributed by atoms with Crippen LogP contribution in [-0.4, -0.2) is 33.0 Å². The predicted octanol–water partition coefficient (Wildman–Crippen LogP) is 0.206. The van der Waals surface area contributed by atoms with Crippen molar-refractivity contribution in [2.45, 2.75) is 12.8 Å². The summed E-state index contributed by atoms with van der Waals surface area (Å²) in [5, 5.41) is 3.24. The predicted molar refractivity (Wildman–Crippen MR) is 50.4 cm³/mol. The second kappa shape index (κ2) is 3.16. The van der Waals surface area contributed by atoms with E-state index < -0.39 is 9.84 Å². The summed E-state index contributed by atoms with van der Waals surface area (Å²) in [5.41, 5.74) is 0.185. The molecule has 0 aliphatic carbocycles. The van der Waals surface area contributed by atoms with Crippen molar-refractivity contribution >= 4 is 22.2 Å². The molecule has 0 aromatic carbocycles. The Morgan fingerprint density at radius 3 is 2.00 bits per heavy atom. The summed E-state index contributed by atoms with van der Waals surface area (Å²) in [7, 11) is -2.62. The van der Waals surface area contributed by atoms with Crippen LogP contribution >= 0.6 is 12.4 Å². The van der Waals surface area contributed by atoms with Crippen LogP contribution < -0.4 is 5.32 Å². The second-order valence-electron chi connectivity index (χ2n) is 3.78. The molecule has 12 heavy (non-hydrogen) atoms. The summed E-state index contributed by atoms with van der Waals surface area (Å²) >= 11 is 0. The highest BCUT2D eigenvalue weighted by atomic mass is 35.5. The summed E-state index contributed by atoms with van der Waals surface area (Å²) in [6, 6.07) is 0. The summed E-state index contributed by atoms with van der Waals surface area (Å²) < 4.78 is 21.9. The van der Waals surface area contributed by atoms with Gasteiger partial charge in [0, 0.05) is 5.41 Å². The molecule has 0 aromatic rings. The number of piperidine rings is 1. The van der Waals surface area contributed by atoms with Gasteiger partial charge in [-0.1, -0.05) is 0 Å². The highest BCUT2D eigenvalue weighted by Gasteiger charge is 2.48. The van der Waals surface area contributed by atoms with Crippen molar-refractivity contribution in [2.75, 3.05) is 24.6 Å². The zero-order chi connectivity index (χ0) is 7.95. The number of hydrogen-bond donors (Lipinski definition) is 1. The Hall–Kier alpha value is 0.200. The lowest BCUT2D eigenvalue weighted by molar-refractivity contribution is 0.240. The molecule has 2 saturated heterocycles. The fourth-order valence-electron chi connectivity index (χ4n) is 2.14. The molecule has 0 bridgehead atoms. The normalized spacial score (nSPS) is 30.3. The van der Waals surface area contributed by atoms with E-state index in [1.165, 1.54) is 0 Å². The molecule has 2 rings (SSSR count). The molecule has 0 atom stereocenters. The van der Waals surface area contributed by atoms with Gasteiger partial charge in [0.15, 0.2) is 9.84 Å². The molecule has 0 amide bonds. The first-order chi connectivity index (χ1) is 5.12. The maximum absolute atomic E-state index is 10.9. The lowest BCUT2D eigenvalue weighted by Gasteiger charge is -2.44. The van der Waals surface area contributed by atoms with Crippen LogP contribution in [0.5, 0.6) is 0 Å². The first-order valence-electron chi connectivity index (χ1n) is 4.03. The topological polar surface area (TPSA) is 46.2 Å². The van der Waals surface area contributed by atoms with Crippen LogP contribution in [0.3, 0.4) is 0 Å². The Labute approximate surface area is 79.2 Å². The van der Waals surface area contributed by atoms with E-state index in [1.807, 2.05) is 0 Å². The van der Waals surface area contributed by atoms with Gasteiger partial charge < -0.3 is 5.32 Å². The molecular formula is C7H14ClNO2S. The monoisotopic (exact) mass is 211 g/mol. The van der Waals surface area contributed by atoms with Gasteiger partial charge in [-0.3, -0.25) is 0 Å². The van der Waals surface area contributed by atoms with Crippen molar-refractivity contribution in [3.63, 3.8) is 0 Å². The third-order valence-corrected chi connectivity index (χ3v) is 4.82. The minimum atomic E-state index is -2.62. The summed E-state index contributed by atoms with van der Waals surface area (Å²) in [6.45, 7) is 1.99. The van der Waals surface area contributed by atoms with Crippen LogP contribution in [0.4, 0.5) is 0 Å². The molecule has 72 valence electrons. The van der Waals surface area contributed by atoms with Crippen LogP contribution in [0.25, 0.3) is 0 Å². The fraction of sp³-hybridized carbons (Fsp3) is 1.00. The Kier molecular flexibility index (Phi) is 2.71. The standard InChI is InChI=1S/C7H13NO2S.ClH/c9-11(10)5-7(6-11)1-3-8-4-2-7;/h8H,1-6H2;1H. The molecule has 0 unspecified atom stereocenters. The van der Waals surface area contributed by atoms with Crippen LogP contribution in [0.1, 0.15) is 12.8 Å². The van der Waals surface area contributed by atoms with Crippen molar-refractivity contribution in [3.05, 3.63) is 0 Å². The molecule has 5 heteroatoms. The van der Waals surface area contributed by atoms with Gasteiger partial charge >= 0.3 is 0 Å².